The molecule has 150 valence electrons. The lowest BCUT2D eigenvalue weighted by atomic mass is 10.1. The normalized spacial score (nSPS) is 10.9. The monoisotopic (exact) mass is 401 g/mol. The van der Waals surface area contributed by atoms with Crippen LogP contribution in [0.2, 0.25) is 0 Å². The van der Waals surface area contributed by atoms with Crippen LogP contribution >= 0.6 is 0 Å². The van der Waals surface area contributed by atoms with E-state index in [4.69, 9.17) is 5.73 Å². The van der Waals surface area contributed by atoms with E-state index in [-0.39, 0.29) is 5.91 Å². The fourth-order valence-corrected chi connectivity index (χ4v) is 3.52. The zero-order valence-corrected chi connectivity index (χ0v) is 16.4. The SMILES string of the molecule is Cc1cccc(Cn2c(C(N)=O)cc3cc(NC(=O)c4ccc(F)cc4)ccc32)c1. The molecule has 1 heterocycles. The minimum atomic E-state index is -0.518. The molecule has 0 atom stereocenters. The molecule has 5 nitrogen and oxygen atoms in total. The summed E-state index contributed by atoms with van der Waals surface area (Å²) >= 11 is 0. The number of primary amides is 1. The van der Waals surface area contributed by atoms with E-state index >= 15 is 0 Å². The first-order valence-electron chi connectivity index (χ1n) is 9.46. The van der Waals surface area contributed by atoms with Crippen molar-refractivity contribution in [2.24, 2.45) is 5.73 Å². The highest BCUT2D eigenvalue weighted by atomic mass is 19.1. The Morgan fingerprint density at radius 3 is 2.47 bits per heavy atom. The molecule has 0 aliphatic rings. The number of rotatable bonds is 5. The number of benzene rings is 3. The summed E-state index contributed by atoms with van der Waals surface area (Å²) in [5, 5.41) is 3.58. The molecule has 0 radical (unpaired) electrons. The second-order valence-electron chi connectivity index (χ2n) is 7.20. The van der Waals surface area contributed by atoms with Gasteiger partial charge in [0, 0.05) is 28.7 Å². The number of carbonyl (C=O) groups excluding carboxylic acids is 2. The Labute approximate surface area is 172 Å². The maximum Gasteiger partial charge on any atom is 0.265 e. The van der Waals surface area contributed by atoms with Crippen LogP contribution in [-0.4, -0.2) is 16.4 Å². The summed E-state index contributed by atoms with van der Waals surface area (Å²) in [6.07, 6.45) is 0. The Kier molecular flexibility index (Phi) is 5.06. The number of nitrogens with two attached hydrogens (primary N) is 1. The average molecular weight is 401 g/mol. The summed E-state index contributed by atoms with van der Waals surface area (Å²) in [6, 6.07) is 20.5. The van der Waals surface area contributed by atoms with E-state index in [1.54, 1.807) is 18.2 Å². The van der Waals surface area contributed by atoms with Gasteiger partial charge < -0.3 is 15.6 Å². The number of fused-ring (bicyclic) bond motifs is 1. The molecule has 0 saturated heterocycles. The number of aryl methyl sites for hydroxylation is 1. The quantitative estimate of drug-likeness (QED) is 0.517. The number of hydrogen-bond acceptors (Lipinski definition) is 2. The molecule has 0 bridgehead atoms. The molecule has 0 saturated carbocycles. The number of amides is 2. The topological polar surface area (TPSA) is 77.1 Å². The highest BCUT2D eigenvalue weighted by Gasteiger charge is 2.15. The summed E-state index contributed by atoms with van der Waals surface area (Å²) in [5.41, 5.74) is 9.96. The third-order valence-electron chi connectivity index (χ3n) is 4.94. The number of nitrogens with zero attached hydrogens (tertiary/aromatic N) is 1. The van der Waals surface area contributed by atoms with Gasteiger partial charge in [-0.1, -0.05) is 29.8 Å². The van der Waals surface area contributed by atoms with Crippen LogP contribution in [0.25, 0.3) is 10.9 Å². The van der Waals surface area contributed by atoms with Crippen molar-refractivity contribution in [2.45, 2.75) is 13.5 Å². The van der Waals surface area contributed by atoms with Crippen LogP contribution < -0.4 is 11.1 Å². The predicted octanol–water partition coefficient (Wildman–Crippen LogP) is 4.49. The number of aromatic nitrogens is 1. The number of anilines is 1. The van der Waals surface area contributed by atoms with Crippen LogP contribution in [0.4, 0.5) is 10.1 Å². The van der Waals surface area contributed by atoms with Crippen molar-refractivity contribution in [1.29, 1.82) is 0 Å². The first-order valence-corrected chi connectivity index (χ1v) is 9.46. The summed E-state index contributed by atoms with van der Waals surface area (Å²) in [7, 11) is 0. The predicted molar refractivity (Wildman–Crippen MR) is 115 cm³/mol. The van der Waals surface area contributed by atoms with Gasteiger partial charge in [-0.2, -0.15) is 0 Å². The van der Waals surface area contributed by atoms with Crippen LogP contribution in [0.3, 0.4) is 0 Å². The van der Waals surface area contributed by atoms with E-state index in [2.05, 4.69) is 11.4 Å². The lowest BCUT2D eigenvalue weighted by Gasteiger charge is -2.10. The van der Waals surface area contributed by atoms with Crippen molar-refractivity contribution in [2.75, 3.05) is 5.32 Å². The zero-order chi connectivity index (χ0) is 21.3. The molecule has 0 unspecified atom stereocenters. The van der Waals surface area contributed by atoms with E-state index in [9.17, 15) is 14.0 Å². The Morgan fingerprint density at radius 1 is 1.00 bits per heavy atom. The smallest absolute Gasteiger partial charge is 0.265 e. The molecule has 3 N–H and O–H groups in total. The maximum atomic E-state index is 13.1. The summed E-state index contributed by atoms with van der Waals surface area (Å²) in [6.45, 7) is 2.52. The van der Waals surface area contributed by atoms with E-state index in [1.165, 1.54) is 24.3 Å². The summed E-state index contributed by atoms with van der Waals surface area (Å²) in [4.78, 5) is 24.4. The minimum Gasteiger partial charge on any atom is -0.364 e. The molecule has 0 fully saturated rings. The Hall–Kier alpha value is -3.93. The Morgan fingerprint density at radius 2 is 1.77 bits per heavy atom. The lowest BCUT2D eigenvalue weighted by molar-refractivity contribution is 0.0990. The Bertz CT molecular complexity index is 1260. The number of carbonyl (C=O) groups is 2. The lowest BCUT2D eigenvalue weighted by Crippen LogP contribution is -2.17. The molecule has 6 heteroatoms. The highest BCUT2D eigenvalue weighted by molar-refractivity contribution is 6.05. The van der Waals surface area contributed by atoms with Gasteiger partial charge in [0.1, 0.15) is 11.5 Å². The second kappa shape index (κ2) is 7.83. The molecule has 0 spiro atoms. The Balaban J connectivity index is 1.67. The maximum absolute atomic E-state index is 13.1. The van der Waals surface area contributed by atoms with Gasteiger partial charge in [-0.25, -0.2) is 4.39 Å². The van der Waals surface area contributed by atoms with E-state index in [1.807, 2.05) is 35.8 Å². The molecular formula is C24H20FN3O2. The van der Waals surface area contributed by atoms with Gasteiger partial charge in [0.2, 0.25) is 0 Å². The van der Waals surface area contributed by atoms with Gasteiger partial charge >= 0.3 is 0 Å². The zero-order valence-electron chi connectivity index (χ0n) is 16.4. The molecule has 3 aromatic carbocycles. The van der Waals surface area contributed by atoms with Gasteiger partial charge in [-0.3, -0.25) is 9.59 Å². The molecule has 4 aromatic rings. The van der Waals surface area contributed by atoms with Gasteiger partial charge in [0.25, 0.3) is 11.8 Å². The third-order valence-corrected chi connectivity index (χ3v) is 4.94. The van der Waals surface area contributed by atoms with Gasteiger partial charge in [0.15, 0.2) is 0 Å². The standard InChI is InChI=1S/C24H20FN3O2/c1-15-3-2-4-16(11-15)14-28-21-10-9-20(12-18(21)13-22(28)23(26)29)27-24(30)17-5-7-19(25)8-6-17/h2-13H,14H2,1H3,(H2,26,29)(H,27,30). The van der Waals surface area contributed by atoms with Crippen LogP contribution in [-0.2, 0) is 6.54 Å². The van der Waals surface area contributed by atoms with E-state index in [0.29, 0.717) is 23.5 Å². The van der Waals surface area contributed by atoms with Crippen molar-refractivity contribution in [3.8, 4) is 0 Å². The van der Waals surface area contributed by atoms with E-state index < -0.39 is 11.7 Å². The van der Waals surface area contributed by atoms with E-state index in [0.717, 1.165) is 22.0 Å². The van der Waals surface area contributed by atoms with Gasteiger partial charge in [-0.15, -0.1) is 0 Å². The average Bonchev–Trinajstić information content (AvgIpc) is 3.06. The fourth-order valence-electron chi connectivity index (χ4n) is 3.52. The molecule has 2 amide bonds. The molecule has 0 aliphatic carbocycles. The largest absolute Gasteiger partial charge is 0.364 e. The van der Waals surface area contributed by atoms with Crippen molar-refractivity contribution in [3.05, 3.63) is 101 Å². The fraction of sp³-hybridized carbons (Fsp3) is 0.0833. The number of hydrogen-bond donors (Lipinski definition) is 2. The summed E-state index contributed by atoms with van der Waals surface area (Å²) < 4.78 is 14.9. The highest BCUT2D eigenvalue weighted by Crippen LogP contribution is 2.25. The van der Waals surface area contributed by atoms with Gasteiger partial charge in [-0.05, 0) is 61.0 Å². The van der Waals surface area contributed by atoms with Gasteiger partial charge in [0.05, 0.1) is 0 Å². The molecular weight excluding hydrogens is 381 g/mol. The van der Waals surface area contributed by atoms with Crippen LogP contribution in [0.5, 0.6) is 0 Å². The molecule has 0 aliphatic heterocycles. The van der Waals surface area contributed by atoms with Crippen molar-refractivity contribution >= 4 is 28.4 Å². The minimum absolute atomic E-state index is 0.344. The first-order chi connectivity index (χ1) is 14.4. The molecule has 1 aromatic heterocycles. The van der Waals surface area contributed by atoms with Crippen molar-refractivity contribution < 1.29 is 14.0 Å². The van der Waals surface area contributed by atoms with Crippen LogP contribution in [0, 0.1) is 12.7 Å². The number of nitrogens with one attached hydrogen (secondary N) is 1. The van der Waals surface area contributed by atoms with Crippen molar-refractivity contribution in [1.82, 2.24) is 4.57 Å². The van der Waals surface area contributed by atoms with Crippen LogP contribution in [0.15, 0.2) is 72.8 Å². The number of halogens is 1. The summed E-state index contributed by atoms with van der Waals surface area (Å²) in [5.74, 6) is -1.26. The van der Waals surface area contributed by atoms with Crippen molar-refractivity contribution in [3.63, 3.8) is 0 Å². The van der Waals surface area contributed by atoms with Crippen LogP contribution in [0.1, 0.15) is 32.0 Å². The second-order valence-corrected chi connectivity index (χ2v) is 7.20. The molecule has 4 rings (SSSR count). The third kappa shape index (κ3) is 3.93. The first kappa shape index (κ1) is 19.4. The molecule has 30 heavy (non-hydrogen) atoms.